The first-order valence-electron chi connectivity index (χ1n) is 10.7. The van der Waals surface area contributed by atoms with Crippen molar-refractivity contribution in [2.24, 2.45) is 0 Å². The average molecular weight is 470 g/mol. The first kappa shape index (κ1) is 20.8. The van der Waals surface area contributed by atoms with Crippen LogP contribution in [0.1, 0.15) is 22.2 Å². The molecule has 1 atom stereocenters. The van der Waals surface area contributed by atoms with Gasteiger partial charge in [0.15, 0.2) is 34.4 Å². The summed E-state index contributed by atoms with van der Waals surface area (Å²) in [7, 11) is 1.51. The predicted molar refractivity (Wildman–Crippen MR) is 124 cm³/mol. The van der Waals surface area contributed by atoms with E-state index in [1.807, 2.05) is 0 Å². The molecule has 6 rings (SSSR count). The Hall–Kier alpha value is -4.79. The van der Waals surface area contributed by atoms with Crippen LogP contribution in [0.4, 0.5) is 5.69 Å². The van der Waals surface area contributed by atoms with E-state index in [1.54, 1.807) is 67.0 Å². The summed E-state index contributed by atoms with van der Waals surface area (Å²) in [4.78, 5) is 32.5. The van der Waals surface area contributed by atoms with Crippen molar-refractivity contribution in [2.75, 3.05) is 18.8 Å². The molecule has 1 N–H and O–H groups in total. The molecule has 35 heavy (non-hydrogen) atoms. The van der Waals surface area contributed by atoms with Crippen molar-refractivity contribution in [1.82, 2.24) is 4.98 Å². The Morgan fingerprint density at radius 3 is 2.69 bits per heavy atom. The molecular weight excluding hydrogens is 452 g/mol. The number of aromatic nitrogens is 1. The lowest BCUT2D eigenvalue weighted by Gasteiger charge is -2.26. The number of fused-ring (bicyclic) bond motifs is 2. The summed E-state index contributed by atoms with van der Waals surface area (Å²) in [5.74, 6) is -0.526. The van der Waals surface area contributed by atoms with Gasteiger partial charge in [0.1, 0.15) is 0 Å². The van der Waals surface area contributed by atoms with E-state index >= 15 is 0 Å². The summed E-state index contributed by atoms with van der Waals surface area (Å²) < 4.78 is 22.0. The Bertz CT molecular complexity index is 1520. The second-order valence-corrected chi connectivity index (χ2v) is 7.98. The third-order valence-corrected chi connectivity index (χ3v) is 6.06. The number of carbonyl (C=O) groups excluding carboxylic acids is 2. The quantitative estimate of drug-likeness (QED) is 0.429. The fourth-order valence-electron chi connectivity index (χ4n) is 4.44. The lowest BCUT2D eigenvalue weighted by Crippen LogP contribution is -2.31. The van der Waals surface area contributed by atoms with Crippen LogP contribution < -0.4 is 19.1 Å². The molecule has 174 valence electrons. The number of furan rings is 1. The van der Waals surface area contributed by atoms with Gasteiger partial charge in [-0.05, 0) is 42.0 Å². The van der Waals surface area contributed by atoms with E-state index < -0.39 is 23.5 Å². The topological polar surface area (TPSA) is 111 Å². The average Bonchev–Trinajstić information content (AvgIpc) is 3.60. The molecule has 0 saturated carbocycles. The molecule has 9 heteroatoms. The standard InChI is InChI=1S/C26H18N2O7/c1-32-18-4-2-3-15-11-20(35-25(15)18)23(29)21-22(14-7-9-27-10-8-14)28(26(31)24(21)30)16-5-6-17-19(12-16)34-13-33-17/h2-12,22,30H,13H2,1H3. The Kier molecular flexibility index (Phi) is 4.70. The lowest BCUT2D eigenvalue weighted by atomic mass is 9.95. The van der Waals surface area contributed by atoms with Crippen molar-refractivity contribution in [2.45, 2.75) is 6.04 Å². The number of ether oxygens (including phenoxy) is 3. The molecule has 0 spiro atoms. The van der Waals surface area contributed by atoms with E-state index in [1.165, 1.54) is 12.0 Å². The van der Waals surface area contributed by atoms with E-state index in [9.17, 15) is 14.7 Å². The molecule has 2 aliphatic rings. The van der Waals surface area contributed by atoms with Gasteiger partial charge < -0.3 is 23.7 Å². The van der Waals surface area contributed by atoms with Crippen LogP contribution in [-0.2, 0) is 4.79 Å². The summed E-state index contributed by atoms with van der Waals surface area (Å²) in [6, 6.07) is 14.3. The van der Waals surface area contributed by atoms with Crippen LogP contribution in [0, 0.1) is 0 Å². The summed E-state index contributed by atoms with van der Waals surface area (Å²) in [6.07, 6.45) is 3.11. The van der Waals surface area contributed by atoms with Crippen LogP contribution in [0.25, 0.3) is 11.0 Å². The van der Waals surface area contributed by atoms with Crippen molar-refractivity contribution >= 4 is 28.3 Å². The maximum atomic E-state index is 13.7. The minimum Gasteiger partial charge on any atom is -0.503 e. The summed E-state index contributed by atoms with van der Waals surface area (Å²) in [5.41, 5.74) is 1.32. The minimum atomic E-state index is -0.923. The highest BCUT2D eigenvalue weighted by Gasteiger charge is 2.45. The first-order chi connectivity index (χ1) is 17.1. The number of anilines is 1. The Morgan fingerprint density at radius 2 is 1.89 bits per heavy atom. The largest absolute Gasteiger partial charge is 0.503 e. The molecule has 2 aliphatic heterocycles. The van der Waals surface area contributed by atoms with Crippen LogP contribution in [0.15, 0.2) is 82.7 Å². The molecule has 0 aliphatic carbocycles. The molecule has 2 aromatic heterocycles. The van der Waals surface area contributed by atoms with Crippen LogP contribution in [-0.4, -0.2) is 35.7 Å². The number of hydrogen-bond donors (Lipinski definition) is 1. The van der Waals surface area contributed by atoms with Crippen LogP contribution in [0.5, 0.6) is 17.2 Å². The predicted octanol–water partition coefficient (Wildman–Crippen LogP) is 4.35. The highest BCUT2D eigenvalue weighted by molar-refractivity contribution is 6.20. The number of methoxy groups -OCH3 is 1. The van der Waals surface area contributed by atoms with Crippen molar-refractivity contribution in [3.8, 4) is 17.2 Å². The summed E-state index contributed by atoms with van der Waals surface area (Å²) in [6.45, 7) is 0.0727. The monoisotopic (exact) mass is 470 g/mol. The van der Waals surface area contributed by atoms with Gasteiger partial charge >= 0.3 is 0 Å². The molecule has 9 nitrogen and oxygen atoms in total. The fourth-order valence-corrected chi connectivity index (χ4v) is 4.44. The van der Waals surface area contributed by atoms with Gasteiger partial charge in [0, 0.05) is 29.5 Å². The second-order valence-electron chi connectivity index (χ2n) is 7.98. The number of amides is 1. The number of Topliss-reactive ketones (excluding diaryl/α,β-unsaturated/α-hetero) is 1. The van der Waals surface area contributed by atoms with E-state index in [0.717, 1.165) is 0 Å². The van der Waals surface area contributed by atoms with E-state index in [0.29, 0.717) is 39.5 Å². The molecule has 0 fully saturated rings. The fraction of sp³-hybridized carbons (Fsp3) is 0.115. The van der Waals surface area contributed by atoms with Crippen molar-refractivity contribution in [3.63, 3.8) is 0 Å². The second kappa shape index (κ2) is 7.91. The van der Waals surface area contributed by atoms with Gasteiger partial charge in [-0.1, -0.05) is 12.1 Å². The summed E-state index contributed by atoms with van der Waals surface area (Å²) >= 11 is 0. The normalized spacial score (nSPS) is 16.9. The maximum Gasteiger partial charge on any atom is 0.294 e. The smallest absolute Gasteiger partial charge is 0.294 e. The van der Waals surface area contributed by atoms with E-state index in [-0.39, 0.29) is 18.1 Å². The van der Waals surface area contributed by atoms with Crippen molar-refractivity contribution in [1.29, 1.82) is 0 Å². The van der Waals surface area contributed by atoms with Gasteiger partial charge in [-0.15, -0.1) is 0 Å². The zero-order valence-electron chi connectivity index (χ0n) is 18.4. The number of hydrogen-bond acceptors (Lipinski definition) is 8. The summed E-state index contributed by atoms with van der Waals surface area (Å²) in [5, 5.41) is 11.6. The van der Waals surface area contributed by atoms with Gasteiger partial charge in [-0.3, -0.25) is 19.5 Å². The number of pyridine rings is 1. The molecule has 2 aromatic carbocycles. The van der Waals surface area contributed by atoms with Crippen LogP contribution in [0.3, 0.4) is 0 Å². The van der Waals surface area contributed by atoms with Crippen LogP contribution >= 0.6 is 0 Å². The van der Waals surface area contributed by atoms with E-state index in [2.05, 4.69) is 4.98 Å². The number of aliphatic hydroxyl groups is 1. The van der Waals surface area contributed by atoms with Gasteiger partial charge in [0.05, 0.1) is 18.7 Å². The number of rotatable bonds is 5. The third kappa shape index (κ3) is 3.20. The maximum absolute atomic E-state index is 13.7. The third-order valence-electron chi connectivity index (χ3n) is 6.06. The van der Waals surface area contributed by atoms with Gasteiger partial charge in [0.2, 0.25) is 12.6 Å². The molecule has 4 aromatic rings. The van der Waals surface area contributed by atoms with Crippen LogP contribution in [0.2, 0.25) is 0 Å². The number of nitrogens with zero attached hydrogens (tertiary/aromatic N) is 2. The molecule has 0 saturated heterocycles. The highest BCUT2D eigenvalue weighted by Crippen LogP contribution is 2.45. The zero-order chi connectivity index (χ0) is 24.1. The van der Waals surface area contributed by atoms with Gasteiger partial charge in [-0.25, -0.2) is 0 Å². The number of para-hydroxylation sites is 1. The Labute approximate surface area is 198 Å². The number of ketones is 1. The Balaban J connectivity index is 1.48. The SMILES string of the molecule is COc1cccc2cc(C(=O)C3=C(O)C(=O)N(c4ccc5c(c4)OCO5)C3c3ccncc3)oc12. The molecular formula is C26H18N2O7. The molecule has 4 heterocycles. The number of carbonyl (C=O) groups is 2. The number of benzene rings is 2. The molecule has 1 unspecified atom stereocenters. The molecule has 0 radical (unpaired) electrons. The van der Waals surface area contributed by atoms with E-state index in [4.69, 9.17) is 18.6 Å². The minimum absolute atomic E-state index is 0.0227. The first-order valence-corrected chi connectivity index (χ1v) is 10.7. The van der Waals surface area contributed by atoms with Crippen molar-refractivity contribution in [3.05, 3.63) is 89.6 Å². The Morgan fingerprint density at radius 1 is 1.09 bits per heavy atom. The lowest BCUT2D eigenvalue weighted by molar-refractivity contribution is -0.117. The molecule has 0 bridgehead atoms. The zero-order valence-corrected chi connectivity index (χ0v) is 18.4. The highest BCUT2D eigenvalue weighted by atomic mass is 16.7. The number of aliphatic hydroxyl groups excluding tert-OH is 1. The van der Waals surface area contributed by atoms with Gasteiger partial charge in [-0.2, -0.15) is 0 Å². The molecule has 1 amide bonds. The van der Waals surface area contributed by atoms with Crippen molar-refractivity contribution < 1.29 is 33.3 Å². The van der Waals surface area contributed by atoms with Gasteiger partial charge in [0.25, 0.3) is 5.91 Å².